The number of hydrogen-bond donors (Lipinski definition) is 2. The molecule has 2 aromatic rings. The summed E-state index contributed by atoms with van der Waals surface area (Å²) >= 11 is 9.56. The van der Waals surface area contributed by atoms with E-state index in [2.05, 4.69) is 25.8 Å². The quantitative estimate of drug-likeness (QED) is 0.160. The van der Waals surface area contributed by atoms with Gasteiger partial charge in [0.05, 0.1) is 22.3 Å². The van der Waals surface area contributed by atoms with E-state index < -0.39 is 12.0 Å². The molecule has 1 saturated heterocycles. The van der Waals surface area contributed by atoms with Crippen LogP contribution in [0.4, 0.5) is 5.13 Å². The minimum absolute atomic E-state index is 0. The van der Waals surface area contributed by atoms with Gasteiger partial charge in [0.2, 0.25) is 5.16 Å². The van der Waals surface area contributed by atoms with Gasteiger partial charge in [-0.05, 0) is 16.0 Å². The molecule has 2 aliphatic heterocycles. The molecule has 0 radical (unpaired) electrons. The number of tetrazole rings is 1. The number of hydrogen-bond acceptors (Lipinski definition) is 12. The van der Waals surface area contributed by atoms with E-state index in [4.69, 9.17) is 18.0 Å². The number of fused-ring (bicyclic) bond motifs is 1. The summed E-state index contributed by atoms with van der Waals surface area (Å²) in [6.45, 7) is 1.88. The third-order valence-electron chi connectivity index (χ3n) is 4.87. The fraction of sp³-hybridized carbons (Fsp3) is 0.438. The Morgan fingerprint density at radius 1 is 1.53 bits per heavy atom. The van der Waals surface area contributed by atoms with Crippen molar-refractivity contribution in [1.29, 1.82) is 0 Å². The van der Waals surface area contributed by atoms with Crippen molar-refractivity contribution < 1.29 is 44.3 Å². The van der Waals surface area contributed by atoms with Gasteiger partial charge in [-0.2, -0.15) is 0 Å². The first-order valence-electron chi connectivity index (χ1n) is 9.02. The van der Waals surface area contributed by atoms with E-state index in [1.165, 1.54) is 44.4 Å². The van der Waals surface area contributed by atoms with Crippen molar-refractivity contribution in [3.05, 3.63) is 22.3 Å². The average Bonchev–Trinajstić information content (AvgIpc) is 3.36. The maximum absolute atomic E-state index is 12.8. The summed E-state index contributed by atoms with van der Waals surface area (Å²) in [7, 11) is 1.70. The van der Waals surface area contributed by atoms with Crippen LogP contribution in [0.25, 0.3) is 0 Å². The second kappa shape index (κ2) is 10.4. The molecule has 32 heavy (non-hydrogen) atoms. The van der Waals surface area contributed by atoms with Gasteiger partial charge in [-0.3, -0.25) is 9.69 Å². The number of nitrogen functional groups attached to an aromatic ring is 1. The molecule has 1 fully saturated rings. The molecular weight excluding hydrogens is 503 g/mol. The fourth-order valence-electron chi connectivity index (χ4n) is 3.19. The van der Waals surface area contributed by atoms with Crippen molar-refractivity contribution in [2.75, 3.05) is 17.2 Å². The van der Waals surface area contributed by atoms with Crippen LogP contribution in [0, 0.1) is 0 Å². The third kappa shape index (κ3) is 4.83. The van der Waals surface area contributed by atoms with Gasteiger partial charge in [0.15, 0.2) is 5.13 Å². The molecule has 11 nitrogen and oxygen atoms in total. The van der Waals surface area contributed by atoms with E-state index in [0.717, 1.165) is 5.69 Å². The van der Waals surface area contributed by atoms with E-state index >= 15 is 0 Å². The van der Waals surface area contributed by atoms with Gasteiger partial charge in [0.25, 0.3) is 5.91 Å². The predicted octanol–water partition coefficient (Wildman–Crippen LogP) is -3.65. The van der Waals surface area contributed by atoms with E-state index in [-0.39, 0.29) is 52.5 Å². The van der Waals surface area contributed by atoms with Crippen LogP contribution >= 0.6 is 47.1 Å². The average molecular weight is 521 g/mol. The number of anilines is 1. The number of carbonyl (C=O) groups is 2. The van der Waals surface area contributed by atoms with Gasteiger partial charge < -0.3 is 21.0 Å². The molecular formula is C16H17N8NaO3S4. The largest absolute Gasteiger partial charge is 1.00 e. The summed E-state index contributed by atoms with van der Waals surface area (Å²) in [4.78, 5) is 30.7. The second-order valence-electron chi connectivity index (χ2n) is 6.84. The number of aromatic nitrogens is 5. The van der Waals surface area contributed by atoms with Gasteiger partial charge in [-0.15, -0.1) is 28.2 Å². The Hall–Kier alpha value is -1.23. The number of thiocarbonyl (C=S) groups is 1. The number of nitrogens with one attached hydrogen (secondary N) is 1. The van der Waals surface area contributed by atoms with Gasteiger partial charge in [0, 0.05) is 29.9 Å². The van der Waals surface area contributed by atoms with Crippen LogP contribution < -0.4 is 45.7 Å². The first-order valence-corrected chi connectivity index (χ1v) is 12.3. The molecule has 4 heterocycles. The van der Waals surface area contributed by atoms with Crippen LogP contribution in [-0.4, -0.2) is 69.9 Å². The molecule has 0 aliphatic carbocycles. The van der Waals surface area contributed by atoms with Crippen LogP contribution in [0.2, 0.25) is 0 Å². The number of aliphatic carboxylic acids is 1. The number of nitrogens with zero attached hydrogens (tertiary/aromatic N) is 6. The molecule has 2 aromatic heterocycles. The summed E-state index contributed by atoms with van der Waals surface area (Å²) < 4.78 is 1.50. The molecule has 4 rings (SSSR count). The van der Waals surface area contributed by atoms with Crippen LogP contribution in [0.5, 0.6) is 0 Å². The molecule has 1 amide bonds. The zero-order chi connectivity index (χ0) is 22.3. The van der Waals surface area contributed by atoms with Crippen molar-refractivity contribution in [2.24, 2.45) is 7.05 Å². The number of carbonyl (C=O) groups excluding carboxylic acids is 2. The van der Waals surface area contributed by atoms with Crippen molar-refractivity contribution in [2.45, 2.75) is 29.4 Å². The molecule has 0 bridgehead atoms. The van der Waals surface area contributed by atoms with Gasteiger partial charge in [0.1, 0.15) is 11.4 Å². The predicted molar refractivity (Wildman–Crippen MR) is 119 cm³/mol. The number of β-lactam (4-membered cyclic amide) rings is 1. The molecule has 2 unspecified atom stereocenters. The van der Waals surface area contributed by atoms with Crippen molar-refractivity contribution >= 4 is 69.1 Å². The SMILES string of the molecule is CC(C(=S)NC1C(=O)N2C(C(=O)[O-])=C(CSc3nnnn3C)CS[C@H]12)c1csc(N)n1.[Na+]. The van der Waals surface area contributed by atoms with Crippen molar-refractivity contribution in [1.82, 2.24) is 35.4 Å². The van der Waals surface area contributed by atoms with Gasteiger partial charge in [-0.25, -0.2) is 9.67 Å². The zero-order valence-electron chi connectivity index (χ0n) is 17.3. The smallest absolute Gasteiger partial charge is 0.543 e. The fourth-order valence-corrected chi connectivity index (χ4v) is 6.43. The monoisotopic (exact) mass is 520 g/mol. The van der Waals surface area contributed by atoms with Crippen LogP contribution in [0.3, 0.4) is 0 Å². The molecule has 3 atom stereocenters. The third-order valence-corrected chi connectivity index (χ3v) is 8.47. The number of amides is 1. The maximum atomic E-state index is 12.8. The van der Waals surface area contributed by atoms with Gasteiger partial charge in [-0.1, -0.05) is 30.9 Å². The van der Waals surface area contributed by atoms with Gasteiger partial charge >= 0.3 is 29.6 Å². The summed E-state index contributed by atoms with van der Waals surface area (Å²) in [5.41, 5.74) is 6.92. The molecule has 0 aromatic carbocycles. The summed E-state index contributed by atoms with van der Waals surface area (Å²) in [5.74, 6) is -1.18. The molecule has 3 N–H and O–H groups in total. The zero-order valence-corrected chi connectivity index (χ0v) is 22.6. The number of thiazole rings is 1. The Morgan fingerprint density at radius 3 is 2.88 bits per heavy atom. The number of aryl methyl sites for hydroxylation is 1. The first-order chi connectivity index (χ1) is 14.8. The number of carboxylic acid groups (broad SMARTS) is 1. The Bertz CT molecular complexity index is 1090. The summed E-state index contributed by atoms with van der Waals surface area (Å²) in [5, 5.41) is 28.6. The molecule has 164 valence electrons. The number of nitrogens with two attached hydrogens (primary N) is 1. The normalized spacial score (nSPS) is 20.8. The summed E-state index contributed by atoms with van der Waals surface area (Å²) in [6, 6.07) is -0.609. The second-order valence-corrected chi connectivity index (χ2v) is 10.2. The number of carboxylic acids is 1. The number of thioether (sulfide) groups is 2. The van der Waals surface area contributed by atoms with Crippen molar-refractivity contribution in [3.63, 3.8) is 0 Å². The molecule has 2 aliphatic rings. The Kier molecular flexibility index (Phi) is 8.22. The van der Waals surface area contributed by atoms with E-state index in [1.807, 2.05) is 12.3 Å². The van der Waals surface area contributed by atoms with Crippen LogP contribution in [0.15, 0.2) is 21.8 Å². The van der Waals surface area contributed by atoms with Crippen LogP contribution in [0.1, 0.15) is 18.5 Å². The molecule has 16 heteroatoms. The minimum atomic E-state index is -1.38. The molecule has 0 saturated carbocycles. The van der Waals surface area contributed by atoms with Crippen LogP contribution in [-0.2, 0) is 16.6 Å². The Labute approximate surface area is 223 Å². The standard InChI is InChI=1S/C16H18N8O3S4.Na/c1-6(8-5-30-15(17)18-8)11(28)19-9-12(25)24-10(14(26)27)7(3-29-13(9)24)4-31-16-20-21-22-23(16)2;/h5-6,9,13H,3-4H2,1-2H3,(H2,17,18)(H,19,28)(H,26,27);/q;+1/p-1/t6?,9?,13-;/m1./s1. The van der Waals surface area contributed by atoms with E-state index in [1.54, 1.807) is 7.05 Å². The maximum Gasteiger partial charge on any atom is 1.00 e. The number of rotatable bonds is 7. The van der Waals surface area contributed by atoms with E-state index in [9.17, 15) is 14.7 Å². The Morgan fingerprint density at radius 2 is 2.28 bits per heavy atom. The summed E-state index contributed by atoms with van der Waals surface area (Å²) in [6.07, 6.45) is 0. The topological polar surface area (TPSA) is 155 Å². The molecule has 0 spiro atoms. The minimum Gasteiger partial charge on any atom is -0.543 e. The first kappa shape index (κ1) is 25.4. The Balaban J connectivity index is 0.00000289. The van der Waals surface area contributed by atoms with Crippen molar-refractivity contribution in [3.8, 4) is 0 Å². The van der Waals surface area contributed by atoms with E-state index in [0.29, 0.717) is 32.4 Å².